The molecule has 0 aliphatic carbocycles. The van der Waals surface area contributed by atoms with E-state index in [1.165, 1.54) is 36.4 Å². The summed E-state index contributed by atoms with van der Waals surface area (Å²) in [4.78, 5) is 23.6. The van der Waals surface area contributed by atoms with E-state index < -0.39 is 29.1 Å². The van der Waals surface area contributed by atoms with Crippen LogP contribution in [-0.2, 0) is 6.18 Å². The summed E-state index contributed by atoms with van der Waals surface area (Å²) in [5.41, 5.74) is -3.66. The predicted molar refractivity (Wildman–Crippen MR) is 89.0 cm³/mol. The molecular formula is C17H11F3N4O3. The van der Waals surface area contributed by atoms with Gasteiger partial charge in [-0.05, 0) is 24.3 Å². The van der Waals surface area contributed by atoms with E-state index in [0.29, 0.717) is 4.68 Å². The van der Waals surface area contributed by atoms with Gasteiger partial charge in [0.25, 0.3) is 5.56 Å². The molecule has 0 atom stereocenters. The average molecular weight is 376 g/mol. The number of nitrogens with zero attached hydrogens (tertiary/aromatic N) is 3. The minimum absolute atomic E-state index is 0.176. The first kappa shape index (κ1) is 18.1. The minimum atomic E-state index is -4.89. The summed E-state index contributed by atoms with van der Waals surface area (Å²) in [6.45, 7) is 0. The Kier molecular flexibility index (Phi) is 4.63. The van der Waals surface area contributed by atoms with Gasteiger partial charge < -0.3 is 5.11 Å². The number of carbonyl (C=O) groups is 1. The van der Waals surface area contributed by atoms with Gasteiger partial charge in [-0.1, -0.05) is 30.3 Å². The zero-order valence-corrected chi connectivity index (χ0v) is 13.4. The number of rotatable bonds is 4. The molecule has 0 saturated carbocycles. The number of carboxylic acids is 1. The highest BCUT2D eigenvalue weighted by Gasteiger charge is 2.38. The van der Waals surface area contributed by atoms with Crippen molar-refractivity contribution in [3.05, 3.63) is 76.2 Å². The van der Waals surface area contributed by atoms with Crippen molar-refractivity contribution in [2.75, 3.05) is 0 Å². The molecule has 0 spiro atoms. The fourth-order valence-corrected chi connectivity index (χ4v) is 2.32. The van der Waals surface area contributed by atoms with E-state index in [0.717, 1.165) is 0 Å². The molecule has 2 aromatic carbocycles. The molecule has 3 aromatic rings. The van der Waals surface area contributed by atoms with Crippen LogP contribution in [-0.4, -0.2) is 20.9 Å². The molecule has 0 unspecified atom stereocenters. The first-order valence-electron chi connectivity index (χ1n) is 7.50. The number of alkyl halides is 3. The van der Waals surface area contributed by atoms with Crippen LogP contribution in [0.25, 0.3) is 5.69 Å². The van der Waals surface area contributed by atoms with E-state index in [9.17, 15) is 22.8 Å². The summed E-state index contributed by atoms with van der Waals surface area (Å²) >= 11 is 0. The molecule has 2 N–H and O–H groups in total. The van der Waals surface area contributed by atoms with E-state index in [2.05, 4.69) is 10.2 Å². The lowest BCUT2D eigenvalue weighted by Crippen LogP contribution is -2.13. The summed E-state index contributed by atoms with van der Waals surface area (Å²) in [5.74, 6) is -1.32. The highest BCUT2D eigenvalue weighted by Crippen LogP contribution is 2.34. The second-order valence-corrected chi connectivity index (χ2v) is 5.33. The zero-order chi connectivity index (χ0) is 19.6. The second-order valence-electron chi connectivity index (χ2n) is 5.33. The Labute approximate surface area is 149 Å². The topological polar surface area (TPSA) is 99.8 Å². The van der Waals surface area contributed by atoms with Crippen LogP contribution in [0.1, 0.15) is 16.1 Å². The van der Waals surface area contributed by atoms with Crippen molar-refractivity contribution in [1.82, 2.24) is 9.78 Å². The van der Waals surface area contributed by atoms with Crippen molar-refractivity contribution in [3.63, 3.8) is 0 Å². The summed E-state index contributed by atoms with van der Waals surface area (Å²) in [6.07, 6.45) is -4.89. The largest absolute Gasteiger partial charge is 0.478 e. The maximum atomic E-state index is 13.3. The third-order valence-electron chi connectivity index (χ3n) is 3.56. The Balaban J connectivity index is 2.14. The molecule has 27 heavy (non-hydrogen) atoms. The molecule has 1 aromatic heterocycles. The highest BCUT2D eigenvalue weighted by atomic mass is 19.4. The smallest absolute Gasteiger partial charge is 0.435 e. The normalized spacial score (nSPS) is 11.8. The van der Waals surface area contributed by atoms with Crippen LogP contribution in [0.2, 0.25) is 0 Å². The molecule has 0 aliphatic heterocycles. The lowest BCUT2D eigenvalue weighted by atomic mass is 10.2. The Morgan fingerprint density at radius 3 is 2.26 bits per heavy atom. The molecule has 138 valence electrons. The number of aromatic amines is 1. The van der Waals surface area contributed by atoms with E-state index >= 15 is 0 Å². The van der Waals surface area contributed by atoms with Crippen LogP contribution in [0.4, 0.5) is 24.5 Å². The number of benzene rings is 2. The van der Waals surface area contributed by atoms with E-state index in [4.69, 9.17) is 5.11 Å². The second kappa shape index (κ2) is 6.90. The number of halogens is 3. The molecule has 10 heteroatoms. The monoisotopic (exact) mass is 376 g/mol. The number of H-pyrrole nitrogens is 1. The number of hydrogen-bond acceptors (Lipinski definition) is 4. The predicted octanol–water partition coefficient (Wildman–Crippen LogP) is 4.30. The standard InChI is InChI=1S/C17H11F3N4O3/c18-17(19,20)14-13(15(25)24(23-14)10-6-2-1-3-7-10)22-21-12-9-5-4-8-11(12)16(26)27/h1-9,23H,(H,26,27). The number of carboxylic acid groups (broad SMARTS) is 1. The molecule has 0 bridgehead atoms. The quantitative estimate of drug-likeness (QED) is 0.664. The van der Waals surface area contributed by atoms with Crippen LogP contribution in [0.3, 0.4) is 0 Å². The third kappa shape index (κ3) is 3.64. The first-order chi connectivity index (χ1) is 12.8. The fraction of sp³-hybridized carbons (Fsp3) is 0.0588. The fourth-order valence-electron chi connectivity index (χ4n) is 2.32. The van der Waals surface area contributed by atoms with Crippen molar-refractivity contribution in [1.29, 1.82) is 0 Å². The van der Waals surface area contributed by atoms with Gasteiger partial charge in [-0.3, -0.25) is 9.89 Å². The molecule has 0 radical (unpaired) electrons. The molecule has 0 aliphatic rings. The van der Waals surface area contributed by atoms with Crippen LogP contribution in [0, 0.1) is 0 Å². The maximum Gasteiger partial charge on any atom is 0.435 e. The number of aromatic nitrogens is 2. The van der Waals surface area contributed by atoms with E-state index in [1.54, 1.807) is 18.2 Å². The Morgan fingerprint density at radius 2 is 1.63 bits per heavy atom. The zero-order valence-electron chi connectivity index (χ0n) is 13.4. The van der Waals surface area contributed by atoms with Gasteiger partial charge in [-0.2, -0.15) is 13.2 Å². The molecular weight excluding hydrogens is 365 g/mol. The van der Waals surface area contributed by atoms with Crippen LogP contribution < -0.4 is 5.56 Å². The number of nitrogens with one attached hydrogen (secondary N) is 1. The van der Waals surface area contributed by atoms with Gasteiger partial charge in [0.1, 0.15) is 5.69 Å². The van der Waals surface area contributed by atoms with Crippen LogP contribution >= 0.6 is 0 Å². The first-order valence-corrected chi connectivity index (χ1v) is 7.50. The average Bonchev–Trinajstić information content (AvgIpc) is 2.97. The summed E-state index contributed by atoms with van der Waals surface area (Å²) in [6, 6.07) is 13.0. The molecule has 0 amide bonds. The van der Waals surface area contributed by atoms with Crippen molar-refractivity contribution in [3.8, 4) is 5.69 Å². The van der Waals surface area contributed by atoms with Crippen molar-refractivity contribution >= 4 is 17.3 Å². The lowest BCUT2D eigenvalue weighted by Gasteiger charge is -2.04. The van der Waals surface area contributed by atoms with Crippen molar-refractivity contribution in [2.45, 2.75) is 6.18 Å². The van der Waals surface area contributed by atoms with Gasteiger partial charge >= 0.3 is 12.1 Å². The van der Waals surface area contributed by atoms with Crippen LogP contribution in [0.15, 0.2) is 69.6 Å². The van der Waals surface area contributed by atoms with Gasteiger partial charge in [0.15, 0.2) is 11.4 Å². The Hall–Kier alpha value is -3.69. The summed E-state index contributed by atoms with van der Waals surface area (Å²) in [7, 11) is 0. The number of azo groups is 1. The molecule has 7 nitrogen and oxygen atoms in total. The van der Waals surface area contributed by atoms with Gasteiger partial charge in [0.05, 0.1) is 11.3 Å². The SMILES string of the molecule is O=C(O)c1ccccc1N=Nc1c(C(F)(F)F)[nH]n(-c2ccccc2)c1=O. The van der Waals surface area contributed by atoms with Gasteiger partial charge in [0, 0.05) is 0 Å². The highest BCUT2D eigenvalue weighted by molar-refractivity contribution is 5.93. The summed E-state index contributed by atoms with van der Waals surface area (Å²) < 4.78 is 40.6. The van der Waals surface area contributed by atoms with E-state index in [1.807, 2.05) is 5.10 Å². The van der Waals surface area contributed by atoms with Gasteiger partial charge in [-0.15, -0.1) is 10.2 Å². The van der Waals surface area contributed by atoms with Crippen LogP contribution in [0.5, 0.6) is 0 Å². The summed E-state index contributed by atoms with van der Waals surface area (Å²) in [5, 5.41) is 18.0. The lowest BCUT2D eigenvalue weighted by molar-refractivity contribution is -0.140. The Bertz CT molecular complexity index is 1070. The third-order valence-corrected chi connectivity index (χ3v) is 3.56. The number of aromatic carboxylic acids is 1. The molecule has 0 fully saturated rings. The van der Waals surface area contributed by atoms with Gasteiger partial charge in [-0.25, -0.2) is 9.48 Å². The molecule has 1 heterocycles. The number of hydrogen-bond donors (Lipinski definition) is 2. The molecule has 3 rings (SSSR count). The van der Waals surface area contributed by atoms with Crippen molar-refractivity contribution in [2.24, 2.45) is 10.2 Å². The van der Waals surface area contributed by atoms with E-state index in [-0.39, 0.29) is 16.9 Å². The minimum Gasteiger partial charge on any atom is -0.478 e. The number of para-hydroxylation sites is 1. The Morgan fingerprint density at radius 1 is 1.00 bits per heavy atom. The van der Waals surface area contributed by atoms with Gasteiger partial charge in [0.2, 0.25) is 0 Å². The van der Waals surface area contributed by atoms with Crippen molar-refractivity contribution < 1.29 is 23.1 Å². The molecule has 0 saturated heterocycles. The maximum absolute atomic E-state index is 13.3.